The predicted molar refractivity (Wildman–Crippen MR) is 59.4 cm³/mol. The maximum Gasteiger partial charge on any atom is 0.237 e. The number of nitrogens with one attached hydrogen (secondary N) is 2. The van der Waals surface area contributed by atoms with Gasteiger partial charge in [0.25, 0.3) is 0 Å². The van der Waals surface area contributed by atoms with Gasteiger partial charge in [-0.15, -0.1) is 0 Å². The summed E-state index contributed by atoms with van der Waals surface area (Å²) in [5, 5.41) is 6.36. The summed E-state index contributed by atoms with van der Waals surface area (Å²) < 4.78 is 0. The molecule has 2 rings (SSSR count). The molecule has 15 heavy (non-hydrogen) atoms. The zero-order valence-electron chi connectivity index (χ0n) is 9.17. The van der Waals surface area contributed by atoms with Crippen LogP contribution in [0.5, 0.6) is 0 Å². The number of hydrogen-bond donors (Lipinski definition) is 3. The van der Waals surface area contributed by atoms with Crippen LogP contribution in [-0.2, 0) is 4.79 Å². The summed E-state index contributed by atoms with van der Waals surface area (Å²) in [5.41, 5.74) is 5.85. The first-order valence-corrected chi connectivity index (χ1v) is 6.05. The second kappa shape index (κ2) is 4.94. The summed E-state index contributed by atoms with van der Waals surface area (Å²) in [7, 11) is 0. The summed E-state index contributed by atoms with van der Waals surface area (Å²) in [6.07, 6.45) is 6.48. The molecule has 0 aromatic carbocycles. The number of rotatable bonds is 2. The Balaban J connectivity index is 1.78. The topological polar surface area (TPSA) is 67.2 Å². The molecule has 86 valence electrons. The lowest BCUT2D eigenvalue weighted by Gasteiger charge is -2.32. The normalized spacial score (nSPS) is 37.4. The van der Waals surface area contributed by atoms with Gasteiger partial charge in [0.1, 0.15) is 0 Å². The van der Waals surface area contributed by atoms with Gasteiger partial charge in [-0.25, -0.2) is 0 Å². The van der Waals surface area contributed by atoms with Crippen molar-refractivity contribution in [3.05, 3.63) is 0 Å². The van der Waals surface area contributed by atoms with Gasteiger partial charge < -0.3 is 16.4 Å². The number of carbonyl (C=O) groups is 1. The highest BCUT2D eigenvalue weighted by Gasteiger charge is 2.26. The van der Waals surface area contributed by atoms with E-state index in [0.717, 1.165) is 45.1 Å². The van der Waals surface area contributed by atoms with Crippen molar-refractivity contribution in [3.63, 3.8) is 0 Å². The maximum absolute atomic E-state index is 11.5. The average molecular weight is 211 g/mol. The van der Waals surface area contributed by atoms with Crippen LogP contribution < -0.4 is 16.4 Å². The number of piperidine rings is 1. The third kappa shape index (κ3) is 2.92. The molecule has 4 nitrogen and oxygen atoms in total. The van der Waals surface area contributed by atoms with E-state index in [9.17, 15) is 4.79 Å². The Morgan fingerprint density at radius 2 is 1.93 bits per heavy atom. The second-order valence-corrected chi connectivity index (χ2v) is 4.76. The lowest BCUT2D eigenvalue weighted by Crippen LogP contribution is -2.52. The van der Waals surface area contributed by atoms with Crippen molar-refractivity contribution in [1.29, 1.82) is 0 Å². The van der Waals surface area contributed by atoms with Gasteiger partial charge in [-0.2, -0.15) is 0 Å². The largest absolute Gasteiger partial charge is 0.355 e. The molecule has 0 radical (unpaired) electrons. The molecular formula is C11H21N3O. The Bertz CT molecular complexity index is 224. The van der Waals surface area contributed by atoms with Crippen molar-refractivity contribution < 1.29 is 4.79 Å². The zero-order valence-corrected chi connectivity index (χ0v) is 9.17. The minimum atomic E-state index is 0.0399. The van der Waals surface area contributed by atoms with Crippen LogP contribution in [0.4, 0.5) is 0 Å². The van der Waals surface area contributed by atoms with Crippen LogP contribution in [-0.4, -0.2) is 30.6 Å². The van der Waals surface area contributed by atoms with E-state index < -0.39 is 0 Å². The van der Waals surface area contributed by atoms with Gasteiger partial charge >= 0.3 is 0 Å². The molecule has 0 spiro atoms. The van der Waals surface area contributed by atoms with E-state index in [4.69, 9.17) is 5.73 Å². The molecule has 1 saturated carbocycles. The fraction of sp³-hybridized carbons (Fsp3) is 0.909. The standard InChI is InChI=1S/C11H21N3O/c12-8-3-5-9(6-4-8)14-10-2-1-7-13-11(10)15/h8-10,14H,1-7,12H2,(H,13,15). The van der Waals surface area contributed by atoms with E-state index in [1.54, 1.807) is 0 Å². The van der Waals surface area contributed by atoms with E-state index in [0.29, 0.717) is 12.1 Å². The molecule has 1 atom stereocenters. The summed E-state index contributed by atoms with van der Waals surface area (Å²) in [5.74, 6) is 0.177. The minimum Gasteiger partial charge on any atom is -0.355 e. The molecule has 1 amide bonds. The average Bonchev–Trinajstić information content (AvgIpc) is 2.25. The minimum absolute atomic E-state index is 0.0399. The van der Waals surface area contributed by atoms with Crippen LogP contribution in [0, 0.1) is 0 Å². The van der Waals surface area contributed by atoms with E-state index in [1.165, 1.54) is 0 Å². The van der Waals surface area contributed by atoms with Crippen molar-refractivity contribution >= 4 is 5.91 Å². The van der Waals surface area contributed by atoms with Crippen molar-refractivity contribution in [3.8, 4) is 0 Å². The van der Waals surface area contributed by atoms with Crippen molar-refractivity contribution in [2.24, 2.45) is 5.73 Å². The number of nitrogens with two attached hydrogens (primary N) is 1. The fourth-order valence-corrected chi connectivity index (χ4v) is 2.50. The van der Waals surface area contributed by atoms with Gasteiger partial charge in [-0.05, 0) is 38.5 Å². The van der Waals surface area contributed by atoms with Crippen LogP contribution in [0.25, 0.3) is 0 Å². The number of carbonyl (C=O) groups excluding carboxylic acids is 1. The van der Waals surface area contributed by atoms with Crippen LogP contribution in [0.15, 0.2) is 0 Å². The SMILES string of the molecule is NC1CCC(NC2CCCNC2=O)CC1. The van der Waals surface area contributed by atoms with Gasteiger partial charge in [-0.1, -0.05) is 0 Å². The van der Waals surface area contributed by atoms with Crippen molar-refractivity contribution in [2.75, 3.05) is 6.54 Å². The Labute approximate surface area is 91.0 Å². The van der Waals surface area contributed by atoms with Gasteiger partial charge in [0.15, 0.2) is 0 Å². The quantitative estimate of drug-likeness (QED) is 0.608. The first kappa shape index (κ1) is 10.9. The Morgan fingerprint density at radius 1 is 1.20 bits per heavy atom. The van der Waals surface area contributed by atoms with Crippen LogP contribution >= 0.6 is 0 Å². The molecule has 0 aromatic rings. The molecule has 1 unspecified atom stereocenters. The highest BCUT2D eigenvalue weighted by atomic mass is 16.2. The molecule has 1 saturated heterocycles. The highest BCUT2D eigenvalue weighted by Crippen LogP contribution is 2.18. The van der Waals surface area contributed by atoms with E-state index in [-0.39, 0.29) is 11.9 Å². The summed E-state index contributed by atoms with van der Waals surface area (Å²) >= 11 is 0. The second-order valence-electron chi connectivity index (χ2n) is 4.76. The van der Waals surface area contributed by atoms with Crippen LogP contribution in [0.3, 0.4) is 0 Å². The van der Waals surface area contributed by atoms with E-state index in [1.807, 2.05) is 0 Å². The Kier molecular flexibility index (Phi) is 3.59. The van der Waals surface area contributed by atoms with E-state index in [2.05, 4.69) is 10.6 Å². The van der Waals surface area contributed by atoms with Gasteiger partial charge in [0, 0.05) is 18.6 Å². The van der Waals surface area contributed by atoms with Crippen molar-refractivity contribution in [2.45, 2.75) is 56.7 Å². The molecule has 2 aliphatic rings. The fourth-order valence-electron chi connectivity index (χ4n) is 2.50. The third-order valence-corrected chi connectivity index (χ3v) is 3.49. The lowest BCUT2D eigenvalue weighted by molar-refractivity contribution is -0.124. The smallest absolute Gasteiger partial charge is 0.237 e. The Hall–Kier alpha value is -0.610. The molecule has 4 N–H and O–H groups in total. The van der Waals surface area contributed by atoms with Gasteiger partial charge in [-0.3, -0.25) is 4.79 Å². The molecule has 4 heteroatoms. The lowest BCUT2D eigenvalue weighted by atomic mass is 9.90. The molecule has 1 aliphatic heterocycles. The van der Waals surface area contributed by atoms with Crippen LogP contribution in [0.1, 0.15) is 38.5 Å². The molecule has 1 aliphatic carbocycles. The summed E-state index contributed by atoms with van der Waals surface area (Å²) in [6, 6.07) is 0.917. The monoisotopic (exact) mass is 211 g/mol. The Morgan fingerprint density at radius 3 is 2.60 bits per heavy atom. The molecule has 0 bridgehead atoms. The van der Waals surface area contributed by atoms with Gasteiger partial charge in [0.05, 0.1) is 6.04 Å². The third-order valence-electron chi connectivity index (χ3n) is 3.49. The highest BCUT2D eigenvalue weighted by molar-refractivity contribution is 5.82. The molecule has 0 aromatic heterocycles. The number of hydrogen-bond acceptors (Lipinski definition) is 3. The first-order valence-electron chi connectivity index (χ1n) is 6.05. The molecular weight excluding hydrogens is 190 g/mol. The molecule has 2 fully saturated rings. The molecule has 1 heterocycles. The first-order chi connectivity index (χ1) is 7.25. The zero-order chi connectivity index (χ0) is 10.7. The van der Waals surface area contributed by atoms with E-state index >= 15 is 0 Å². The summed E-state index contributed by atoms with van der Waals surface area (Å²) in [4.78, 5) is 11.5. The number of amides is 1. The maximum atomic E-state index is 11.5. The van der Waals surface area contributed by atoms with Gasteiger partial charge in [0.2, 0.25) is 5.91 Å². The van der Waals surface area contributed by atoms with Crippen molar-refractivity contribution in [1.82, 2.24) is 10.6 Å². The predicted octanol–water partition coefficient (Wildman–Crippen LogP) is 0.124. The summed E-state index contributed by atoms with van der Waals surface area (Å²) in [6.45, 7) is 0.840. The van der Waals surface area contributed by atoms with Crippen LogP contribution in [0.2, 0.25) is 0 Å².